The molecule has 76 valence electrons. The molecular weight excluding hydrogens is 228 g/mol. The van der Waals surface area contributed by atoms with Crippen LogP contribution in [0.4, 0.5) is 10.9 Å². The lowest BCUT2D eigenvalue weighted by Crippen LogP contribution is -2.09. The number of hydrogen-bond donors (Lipinski definition) is 2. The summed E-state index contributed by atoms with van der Waals surface area (Å²) in [6.07, 6.45) is 3.38. The van der Waals surface area contributed by atoms with Crippen molar-refractivity contribution in [3.8, 4) is 0 Å². The van der Waals surface area contributed by atoms with Gasteiger partial charge in [-0.1, -0.05) is 12.2 Å². The number of rotatable bonds is 3. The van der Waals surface area contributed by atoms with E-state index in [1.807, 2.05) is 5.38 Å². The second kappa shape index (κ2) is 4.33. The molecule has 2 heterocycles. The van der Waals surface area contributed by atoms with Crippen molar-refractivity contribution >= 4 is 39.5 Å². The summed E-state index contributed by atoms with van der Waals surface area (Å²) in [5, 5.41) is 5.74. The van der Waals surface area contributed by atoms with Crippen LogP contribution >= 0.6 is 23.6 Å². The number of pyridine rings is 1. The Kier molecular flexibility index (Phi) is 2.89. The Bertz CT molecular complexity index is 467. The van der Waals surface area contributed by atoms with Gasteiger partial charge in [0.1, 0.15) is 10.8 Å². The predicted molar refractivity (Wildman–Crippen MR) is 65.5 cm³/mol. The van der Waals surface area contributed by atoms with Crippen molar-refractivity contribution in [2.24, 2.45) is 5.73 Å². The molecule has 0 amide bonds. The van der Waals surface area contributed by atoms with Crippen LogP contribution in [0.2, 0.25) is 0 Å². The Morgan fingerprint density at radius 3 is 2.93 bits per heavy atom. The number of hydrogen-bond acceptors (Lipinski definition) is 5. The highest BCUT2D eigenvalue weighted by Crippen LogP contribution is 2.17. The highest BCUT2D eigenvalue weighted by Gasteiger charge is 2.01. The molecule has 3 N–H and O–H groups in total. The van der Waals surface area contributed by atoms with E-state index in [0.29, 0.717) is 10.8 Å². The lowest BCUT2D eigenvalue weighted by atomic mass is 10.2. The Morgan fingerprint density at radius 2 is 2.27 bits per heavy atom. The molecule has 2 rings (SSSR count). The van der Waals surface area contributed by atoms with E-state index in [0.717, 1.165) is 10.7 Å². The third-order valence-electron chi connectivity index (χ3n) is 1.71. The number of nitrogens with one attached hydrogen (secondary N) is 1. The van der Waals surface area contributed by atoms with Gasteiger partial charge in [0.2, 0.25) is 0 Å². The Labute approximate surface area is 96.2 Å². The molecule has 0 bridgehead atoms. The van der Waals surface area contributed by atoms with E-state index < -0.39 is 0 Å². The van der Waals surface area contributed by atoms with Crippen LogP contribution in [0.25, 0.3) is 0 Å². The number of nitrogens with two attached hydrogens (primary N) is 1. The highest BCUT2D eigenvalue weighted by molar-refractivity contribution is 7.80. The first-order chi connectivity index (χ1) is 7.25. The van der Waals surface area contributed by atoms with Crippen LogP contribution in [0.5, 0.6) is 0 Å². The van der Waals surface area contributed by atoms with Crippen LogP contribution in [-0.4, -0.2) is 15.0 Å². The fourth-order valence-electron chi connectivity index (χ4n) is 1.05. The van der Waals surface area contributed by atoms with Crippen LogP contribution in [0.3, 0.4) is 0 Å². The maximum absolute atomic E-state index is 5.52. The van der Waals surface area contributed by atoms with Gasteiger partial charge in [0, 0.05) is 23.3 Å². The molecule has 0 saturated carbocycles. The molecule has 0 aliphatic heterocycles. The van der Waals surface area contributed by atoms with E-state index in [1.54, 1.807) is 24.5 Å². The average Bonchev–Trinajstić information content (AvgIpc) is 2.71. The molecule has 0 spiro atoms. The quantitative estimate of drug-likeness (QED) is 0.797. The normalized spacial score (nSPS) is 9.87. The lowest BCUT2D eigenvalue weighted by Gasteiger charge is -2.03. The van der Waals surface area contributed by atoms with Crippen molar-refractivity contribution in [1.29, 1.82) is 0 Å². The van der Waals surface area contributed by atoms with Crippen molar-refractivity contribution < 1.29 is 0 Å². The highest BCUT2D eigenvalue weighted by atomic mass is 32.1. The largest absolute Gasteiger partial charge is 0.389 e. The van der Waals surface area contributed by atoms with Gasteiger partial charge in [-0.05, 0) is 12.1 Å². The van der Waals surface area contributed by atoms with Crippen LogP contribution in [0.1, 0.15) is 5.56 Å². The van der Waals surface area contributed by atoms with Gasteiger partial charge in [-0.2, -0.15) is 0 Å². The maximum Gasteiger partial charge on any atom is 0.188 e. The van der Waals surface area contributed by atoms with Crippen molar-refractivity contribution in [1.82, 2.24) is 9.97 Å². The third kappa shape index (κ3) is 2.48. The first-order valence-electron chi connectivity index (χ1n) is 4.18. The van der Waals surface area contributed by atoms with Gasteiger partial charge in [0.15, 0.2) is 5.13 Å². The zero-order valence-corrected chi connectivity index (χ0v) is 9.31. The summed E-state index contributed by atoms with van der Waals surface area (Å²) in [5.41, 5.74) is 6.31. The summed E-state index contributed by atoms with van der Waals surface area (Å²) in [6, 6.07) is 3.57. The molecule has 4 nitrogen and oxygen atoms in total. The van der Waals surface area contributed by atoms with Crippen molar-refractivity contribution in [3.05, 3.63) is 35.5 Å². The minimum atomic E-state index is 0.361. The van der Waals surface area contributed by atoms with Crippen LogP contribution in [0.15, 0.2) is 29.9 Å². The number of nitrogens with zero attached hydrogens (tertiary/aromatic N) is 2. The van der Waals surface area contributed by atoms with Gasteiger partial charge >= 0.3 is 0 Å². The first-order valence-corrected chi connectivity index (χ1v) is 5.47. The Morgan fingerprint density at radius 1 is 1.40 bits per heavy atom. The van der Waals surface area contributed by atoms with Crippen molar-refractivity contribution in [2.75, 3.05) is 5.32 Å². The third-order valence-corrected chi connectivity index (χ3v) is 2.64. The number of thiocarbonyl (C=S) groups is 1. The second-order valence-corrected chi connectivity index (χ2v) is 4.09. The van der Waals surface area contributed by atoms with Crippen LogP contribution in [0, 0.1) is 0 Å². The maximum atomic E-state index is 5.52. The average molecular weight is 236 g/mol. The van der Waals surface area contributed by atoms with Crippen LogP contribution < -0.4 is 11.1 Å². The standard InChI is InChI=1S/C9H8N4S2/c10-8(14)6-1-2-11-7(5-6)13-9-12-3-4-15-9/h1-5H,(H2,10,14)(H,11,12,13). The fraction of sp³-hybridized carbons (Fsp3) is 0. The van der Waals surface area contributed by atoms with Gasteiger partial charge in [0.05, 0.1) is 0 Å². The van der Waals surface area contributed by atoms with Gasteiger partial charge in [0.25, 0.3) is 0 Å². The topological polar surface area (TPSA) is 63.8 Å². The summed E-state index contributed by atoms with van der Waals surface area (Å²) in [4.78, 5) is 8.59. The second-order valence-electron chi connectivity index (χ2n) is 2.76. The van der Waals surface area contributed by atoms with Gasteiger partial charge in [-0.25, -0.2) is 9.97 Å². The molecule has 0 aliphatic carbocycles. The molecule has 0 atom stereocenters. The molecule has 0 aromatic carbocycles. The fourth-order valence-corrected chi connectivity index (χ4v) is 1.71. The summed E-state index contributed by atoms with van der Waals surface area (Å²) in [5.74, 6) is 0.690. The Hall–Kier alpha value is -1.53. The molecule has 15 heavy (non-hydrogen) atoms. The van der Waals surface area contributed by atoms with E-state index in [9.17, 15) is 0 Å². The summed E-state index contributed by atoms with van der Waals surface area (Å²) >= 11 is 6.38. The first kappa shape index (κ1) is 10.0. The van der Waals surface area contributed by atoms with Gasteiger partial charge in [-0.3, -0.25) is 0 Å². The van der Waals surface area contributed by atoms with Crippen molar-refractivity contribution in [2.45, 2.75) is 0 Å². The SMILES string of the molecule is NC(=S)c1ccnc(Nc2nccs2)c1. The molecule has 0 aliphatic rings. The number of thiazole rings is 1. The molecular formula is C9H8N4S2. The molecule has 0 fully saturated rings. The molecule has 0 radical (unpaired) electrons. The van der Waals surface area contributed by atoms with Gasteiger partial charge in [-0.15, -0.1) is 11.3 Å². The molecule has 0 saturated heterocycles. The predicted octanol–water partition coefficient (Wildman–Crippen LogP) is 1.92. The van der Waals surface area contributed by atoms with E-state index in [2.05, 4.69) is 15.3 Å². The zero-order chi connectivity index (χ0) is 10.7. The molecule has 6 heteroatoms. The Balaban J connectivity index is 2.22. The lowest BCUT2D eigenvalue weighted by molar-refractivity contribution is 1.28. The molecule has 2 aromatic heterocycles. The minimum absolute atomic E-state index is 0.361. The van der Waals surface area contributed by atoms with E-state index in [4.69, 9.17) is 18.0 Å². The zero-order valence-electron chi connectivity index (χ0n) is 7.68. The van der Waals surface area contributed by atoms with Crippen LogP contribution in [-0.2, 0) is 0 Å². The summed E-state index contributed by atoms with van der Waals surface area (Å²) in [6.45, 7) is 0. The number of anilines is 2. The smallest absolute Gasteiger partial charge is 0.188 e. The summed E-state index contributed by atoms with van der Waals surface area (Å²) in [7, 11) is 0. The monoisotopic (exact) mass is 236 g/mol. The molecule has 0 unspecified atom stereocenters. The van der Waals surface area contributed by atoms with Crippen molar-refractivity contribution in [3.63, 3.8) is 0 Å². The van der Waals surface area contributed by atoms with E-state index in [-0.39, 0.29) is 0 Å². The number of aromatic nitrogens is 2. The summed E-state index contributed by atoms with van der Waals surface area (Å²) < 4.78 is 0. The minimum Gasteiger partial charge on any atom is -0.389 e. The van der Waals surface area contributed by atoms with E-state index >= 15 is 0 Å². The van der Waals surface area contributed by atoms with E-state index in [1.165, 1.54) is 11.3 Å². The van der Waals surface area contributed by atoms with Gasteiger partial charge < -0.3 is 11.1 Å². The molecule has 2 aromatic rings.